The van der Waals surface area contributed by atoms with Crippen LogP contribution in [0, 0.1) is 6.92 Å². The lowest BCUT2D eigenvalue weighted by Crippen LogP contribution is -2.04. The van der Waals surface area contributed by atoms with E-state index in [1.807, 2.05) is 12.1 Å². The third-order valence-corrected chi connectivity index (χ3v) is 3.13. The molecule has 3 rings (SSSR count). The number of nitrogens with zero attached hydrogens (tertiary/aromatic N) is 2. The number of nitrogens with one attached hydrogen (secondary N) is 2. The molecule has 19 heavy (non-hydrogen) atoms. The molecule has 0 unspecified atom stereocenters. The molecule has 1 aliphatic rings. The van der Waals surface area contributed by atoms with Crippen LogP contribution in [0.15, 0.2) is 24.3 Å². The molecule has 5 heteroatoms. The summed E-state index contributed by atoms with van der Waals surface area (Å²) < 4.78 is 5.15. The van der Waals surface area contributed by atoms with Gasteiger partial charge in [0.2, 0.25) is 0 Å². The Morgan fingerprint density at radius 3 is 2.95 bits per heavy atom. The van der Waals surface area contributed by atoms with Gasteiger partial charge in [0.15, 0.2) is 0 Å². The molecule has 0 aliphatic carbocycles. The number of anilines is 2. The summed E-state index contributed by atoms with van der Waals surface area (Å²) >= 11 is 0. The van der Waals surface area contributed by atoms with E-state index < -0.39 is 0 Å². The maximum absolute atomic E-state index is 5.15. The second-order valence-corrected chi connectivity index (χ2v) is 4.58. The van der Waals surface area contributed by atoms with Gasteiger partial charge in [0.1, 0.15) is 5.82 Å². The molecule has 0 bridgehead atoms. The fourth-order valence-electron chi connectivity index (χ4n) is 2.20. The van der Waals surface area contributed by atoms with Crippen LogP contribution in [0.2, 0.25) is 0 Å². The summed E-state index contributed by atoms with van der Waals surface area (Å²) in [4.78, 5) is 8.76. The molecule has 98 valence electrons. The number of rotatable bonds is 3. The molecule has 1 aromatic carbocycles. The van der Waals surface area contributed by atoms with Crippen LogP contribution < -0.4 is 15.4 Å². The number of methoxy groups -OCH3 is 1. The van der Waals surface area contributed by atoms with E-state index in [1.54, 1.807) is 7.11 Å². The number of hydrogen-bond acceptors (Lipinski definition) is 5. The van der Waals surface area contributed by atoms with Crippen LogP contribution in [0.25, 0.3) is 0 Å². The van der Waals surface area contributed by atoms with E-state index >= 15 is 0 Å². The standard InChI is InChI=1S/C14H16N4O/c1-9-4-3-5-10(6-9)16-13-11-7-15-8-12(11)17-14(18-13)19-2/h3-6,15H,7-8H2,1-2H3,(H,16,17,18). The first-order chi connectivity index (χ1) is 9.26. The van der Waals surface area contributed by atoms with E-state index in [-0.39, 0.29) is 0 Å². The quantitative estimate of drug-likeness (QED) is 0.881. The number of benzene rings is 1. The monoisotopic (exact) mass is 256 g/mol. The Hall–Kier alpha value is -2.14. The van der Waals surface area contributed by atoms with Gasteiger partial charge >= 0.3 is 6.01 Å². The third-order valence-electron chi connectivity index (χ3n) is 3.13. The fourth-order valence-corrected chi connectivity index (χ4v) is 2.20. The summed E-state index contributed by atoms with van der Waals surface area (Å²) in [5.74, 6) is 0.817. The molecule has 0 atom stereocenters. The Kier molecular flexibility index (Phi) is 3.05. The van der Waals surface area contributed by atoms with Crippen LogP contribution in [0.4, 0.5) is 11.5 Å². The van der Waals surface area contributed by atoms with Crippen molar-refractivity contribution in [3.63, 3.8) is 0 Å². The minimum absolute atomic E-state index is 0.401. The van der Waals surface area contributed by atoms with E-state index in [0.717, 1.165) is 35.9 Å². The summed E-state index contributed by atoms with van der Waals surface area (Å²) in [6.45, 7) is 3.61. The highest BCUT2D eigenvalue weighted by atomic mass is 16.5. The lowest BCUT2D eigenvalue weighted by Gasteiger charge is -2.11. The molecule has 1 aliphatic heterocycles. The lowest BCUT2D eigenvalue weighted by atomic mass is 10.2. The largest absolute Gasteiger partial charge is 0.467 e. The average molecular weight is 256 g/mol. The Labute approximate surface area is 112 Å². The SMILES string of the molecule is COc1nc2c(c(Nc3cccc(C)c3)n1)CNC2. The summed E-state index contributed by atoms with van der Waals surface area (Å²) in [5, 5.41) is 6.63. The van der Waals surface area contributed by atoms with Gasteiger partial charge in [0.25, 0.3) is 0 Å². The molecule has 0 saturated heterocycles. The van der Waals surface area contributed by atoms with Crippen molar-refractivity contribution in [1.82, 2.24) is 15.3 Å². The van der Waals surface area contributed by atoms with E-state index in [0.29, 0.717) is 6.01 Å². The minimum atomic E-state index is 0.401. The van der Waals surface area contributed by atoms with Crippen molar-refractivity contribution < 1.29 is 4.74 Å². The molecule has 5 nitrogen and oxygen atoms in total. The van der Waals surface area contributed by atoms with Crippen LogP contribution in [0.3, 0.4) is 0 Å². The van der Waals surface area contributed by atoms with Crippen LogP contribution in [0.5, 0.6) is 6.01 Å². The van der Waals surface area contributed by atoms with Gasteiger partial charge < -0.3 is 15.4 Å². The van der Waals surface area contributed by atoms with Gasteiger partial charge in [0, 0.05) is 24.3 Å². The van der Waals surface area contributed by atoms with Crippen molar-refractivity contribution in [2.45, 2.75) is 20.0 Å². The summed E-state index contributed by atoms with van der Waals surface area (Å²) in [6.07, 6.45) is 0. The van der Waals surface area contributed by atoms with Crippen molar-refractivity contribution in [1.29, 1.82) is 0 Å². The lowest BCUT2D eigenvalue weighted by molar-refractivity contribution is 0.379. The zero-order chi connectivity index (χ0) is 13.2. The van der Waals surface area contributed by atoms with Crippen LogP contribution in [-0.2, 0) is 13.1 Å². The second-order valence-electron chi connectivity index (χ2n) is 4.58. The highest BCUT2D eigenvalue weighted by Gasteiger charge is 2.19. The number of ether oxygens (including phenoxy) is 1. The molecule has 2 heterocycles. The van der Waals surface area contributed by atoms with Gasteiger partial charge in [-0.15, -0.1) is 0 Å². The third kappa shape index (κ3) is 2.37. The van der Waals surface area contributed by atoms with Gasteiger partial charge in [-0.25, -0.2) is 0 Å². The Morgan fingerprint density at radius 1 is 1.26 bits per heavy atom. The molecule has 0 amide bonds. The Balaban J connectivity index is 1.98. The maximum Gasteiger partial charge on any atom is 0.318 e. The molecule has 0 fully saturated rings. The highest BCUT2D eigenvalue weighted by molar-refractivity contribution is 5.61. The summed E-state index contributed by atoms with van der Waals surface area (Å²) in [5.41, 5.74) is 4.35. The van der Waals surface area contributed by atoms with Crippen molar-refractivity contribution >= 4 is 11.5 Å². The highest BCUT2D eigenvalue weighted by Crippen LogP contribution is 2.26. The predicted molar refractivity (Wildman–Crippen MR) is 73.6 cm³/mol. The zero-order valence-electron chi connectivity index (χ0n) is 11.0. The van der Waals surface area contributed by atoms with Gasteiger partial charge in [-0.2, -0.15) is 9.97 Å². The smallest absolute Gasteiger partial charge is 0.318 e. The molecule has 0 spiro atoms. The molecule has 1 aromatic heterocycles. The van der Waals surface area contributed by atoms with Crippen LogP contribution in [0.1, 0.15) is 16.8 Å². The number of hydrogen-bond donors (Lipinski definition) is 2. The van der Waals surface area contributed by atoms with Gasteiger partial charge in [-0.3, -0.25) is 0 Å². The first-order valence-corrected chi connectivity index (χ1v) is 6.24. The van der Waals surface area contributed by atoms with Gasteiger partial charge in [-0.1, -0.05) is 12.1 Å². The van der Waals surface area contributed by atoms with Crippen molar-refractivity contribution in [3.05, 3.63) is 41.1 Å². The predicted octanol–water partition coefficient (Wildman–Crippen LogP) is 2.14. The molecular formula is C14H16N4O. The van der Waals surface area contributed by atoms with Crippen LogP contribution in [-0.4, -0.2) is 17.1 Å². The van der Waals surface area contributed by atoms with E-state index in [2.05, 4.69) is 39.7 Å². The van der Waals surface area contributed by atoms with E-state index in [1.165, 1.54) is 5.56 Å². The normalized spacial score (nSPS) is 13.2. The fraction of sp³-hybridized carbons (Fsp3) is 0.286. The van der Waals surface area contributed by atoms with Gasteiger partial charge in [0.05, 0.1) is 12.8 Å². The Bertz CT molecular complexity index is 612. The topological polar surface area (TPSA) is 59.1 Å². The van der Waals surface area contributed by atoms with Gasteiger partial charge in [-0.05, 0) is 24.6 Å². The van der Waals surface area contributed by atoms with Crippen LogP contribution >= 0.6 is 0 Å². The molecule has 0 saturated carbocycles. The van der Waals surface area contributed by atoms with Crippen molar-refractivity contribution in [3.8, 4) is 6.01 Å². The zero-order valence-corrected chi connectivity index (χ0v) is 11.0. The van der Waals surface area contributed by atoms with E-state index in [9.17, 15) is 0 Å². The molecule has 2 aromatic rings. The number of aryl methyl sites for hydroxylation is 1. The van der Waals surface area contributed by atoms with Crippen molar-refractivity contribution in [2.75, 3.05) is 12.4 Å². The summed E-state index contributed by atoms with van der Waals surface area (Å²) in [6, 6.07) is 8.60. The minimum Gasteiger partial charge on any atom is -0.467 e. The number of aromatic nitrogens is 2. The molecular weight excluding hydrogens is 240 g/mol. The summed E-state index contributed by atoms with van der Waals surface area (Å²) in [7, 11) is 1.58. The Morgan fingerprint density at radius 2 is 2.16 bits per heavy atom. The second kappa shape index (κ2) is 4.85. The average Bonchev–Trinajstić information content (AvgIpc) is 2.87. The maximum atomic E-state index is 5.15. The number of fused-ring (bicyclic) bond motifs is 1. The first-order valence-electron chi connectivity index (χ1n) is 6.24. The molecule has 2 N–H and O–H groups in total. The first kappa shape index (κ1) is 11.9. The van der Waals surface area contributed by atoms with E-state index in [4.69, 9.17) is 4.74 Å². The van der Waals surface area contributed by atoms with Crippen molar-refractivity contribution in [2.24, 2.45) is 0 Å². The molecule has 0 radical (unpaired) electrons.